The Kier molecular flexibility index (Phi) is 2.76. The third-order valence-electron chi connectivity index (χ3n) is 2.74. The molecule has 1 nitrogen and oxygen atoms in total. The zero-order chi connectivity index (χ0) is 11.8. The van der Waals surface area contributed by atoms with Crippen LogP contribution in [-0.4, -0.2) is 4.57 Å². The quantitative estimate of drug-likeness (QED) is 0.649. The smallest absolute Gasteiger partial charge is 0.123 e. The Morgan fingerprint density at radius 3 is 2.88 bits per heavy atom. The lowest BCUT2D eigenvalue weighted by Crippen LogP contribution is -1.96. The molecule has 0 bridgehead atoms. The van der Waals surface area contributed by atoms with Crippen LogP contribution in [-0.2, 0) is 6.54 Å². The first-order valence-corrected chi connectivity index (χ1v) is 6.87. The van der Waals surface area contributed by atoms with Gasteiger partial charge < -0.3 is 4.57 Å². The molecule has 3 rings (SSSR count). The molecule has 2 aromatic heterocycles. The van der Waals surface area contributed by atoms with Crippen molar-refractivity contribution in [1.29, 1.82) is 0 Å². The highest BCUT2D eigenvalue weighted by Gasteiger charge is 2.06. The second-order valence-electron chi connectivity index (χ2n) is 3.84. The maximum atomic E-state index is 13.1. The summed E-state index contributed by atoms with van der Waals surface area (Å²) in [7, 11) is 0. The van der Waals surface area contributed by atoms with Crippen molar-refractivity contribution in [3.63, 3.8) is 0 Å². The third-order valence-corrected chi connectivity index (χ3v) is 4.65. The van der Waals surface area contributed by atoms with E-state index in [1.54, 1.807) is 17.4 Å². The van der Waals surface area contributed by atoms with E-state index in [1.807, 2.05) is 24.4 Å². The van der Waals surface area contributed by atoms with E-state index in [4.69, 9.17) is 0 Å². The number of fused-ring (bicyclic) bond motifs is 1. The minimum atomic E-state index is -0.187. The molecule has 3 aromatic rings. The molecule has 0 saturated carbocycles. The molecule has 0 amide bonds. The van der Waals surface area contributed by atoms with Gasteiger partial charge in [0.05, 0.1) is 6.54 Å². The van der Waals surface area contributed by atoms with Crippen LogP contribution in [0.15, 0.2) is 46.4 Å². The number of benzene rings is 1. The van der Waals surface area contributed by atoms with E-state index in [9.17, 15) is 4.39 Å². The summed E-state index contributed by atoms with van der Waals surface area (Å²) in [6.07, 6.45) is 2.00. The Balaban J connectivity index is 2.04. The highest BCUT2D eigenvalue weighted by atomic mass is 79.9. The normalized spacial score (nSPS) is 11.2. The monoisotopic (exact) mass is 309 g/mol. The van der Waals surface area contributed by atoms with Crippen LogP contribution in [0.3, 0.4) is 0 Å². The van der Waals surface area contributed by atoms with Gasteiger partial charge in [-0.25, -0.2) is 4.39 Å². The molecule has 0 aliphatic carbocycles. The fourth-order valence-corrected chi connectivity index (χ4v) is 3.38. The number of thiophene rings is 1. The molecule has 0 spiro atoms. The van der Waals surface area contributed by atoms with E-state index >= 15 is 0 Å². The number of hydrogen-bond acceptors (Lipinski definition) is 1. The number of halogens is 2. The number of aromatic nitrogens is 1. The van der Waals surface area contributed by atoms with Crippen LogP contribution in [0.4, 0.5) is 4.39 Å². The van der Waals surface area contributed by atoms with Crippen LogP contribution in [0, 0.1) is 5.82 Å². The van der Waals surface area contributed by atoms with Gasteiger partial charge in [-0.15, -0.1) is 11.3 Å². The van der Waals surface area contributed by atoms with Crippen molar-refractivity contribution in [3.05, 3.63) is 57.1 Å². The van der Waals surface area contributed by atoms with Gasteiger partial charge in [-0.1, -0.05) is 0 Å². The number of rotatable bonds is 2. The van der Waals surface area contributed by atoms with Crippen molar-refractivity contribution in [2.24, 2.45) is 0 Å². The van der Waals surface area contributed by atoms with Gasteiger partial charge in [-0.3, -0.25) is 0 Å². The maximum absolute atomic E-state index is 13.1. The zero-order valence-electron chi connectivity index (χ0n) is 8.86. The highest BCUT2D eigenvalue weighted by molar-refractivity contribution is 9.10. The van der Waals surface area contributed by atoms with Crippen LogP contribution in [0.2, 0.25) is 0 Å². The lowest BCUT2D eigenvalue weighted by molar-refractivity contribution is 0.629. The second kappa shape index (κ2) is 4.27. The molecule has 0 fully saturated rings. The summed E-state index contributed by atoms with van der Waals surface area (Å²) in [6.45, 7) is 0.813. The van der Waals surface area contributed by atoms with E-state index in [2.05, 4.69) is 25.9 Å². The highest BCUT2D eigenvalue weighted by Crippen LogP contribution is 2.25. The molecular weight excluding hydrogens is 301 g/mol. The Hall–Kier alpha value is -1.13. The molecule has 17 heavy (non-hydrogen) atoms. The molecule has 0 saturated heterocycles. The SMILES string of the molecule is Fc1ccc2c(ccn2Cc2sccc2Br)c1. The van der Waals surface area contributed by atoms with E-state index in [0.29, 0.717) is 0 Å². The number of hydrogen-bond donors (Lipinski definition) is 0. The second-order valence-corrected chi connectivity index (χ2v) is 5.69. The van der Waals surface area contributed by atoms with Crippen molar-refractivity contribution in [1.82, 2.24) is 4.57 Å². The van der Waals surface area contributed by atoms with E-state index in [0.717, 1.165) is 21.9 Å². The van der Waals surface area contributed by atoms with Crippen LogP contribution in [0.25, 0.3) is 10.9 Å². The minimum Gasteiger partial charge on any atom is -0.342 e. The Morgan fingerprint density at radius 1 is 1.24 bits per heavy atom. The van der Waals surface area contributed by atoms with Crippen LogP contribution < -0.4 is 0 Å². The molecule has 4 heteroatoms. The van der Waals surface area contributed by atoms with Gasteiger partial charge in [-0.2, -0.15) is 0 Å². The summed E-state index contributed by atoms with van der Waals surface area (Å²) in [4.78, 5) is 1.27. The zero-order valence-corrected chi connectivity index (χ0v) is 11.3. The van der Waals surface area contributed by atoms with Crippen molar-refractivity contribution in [3.8, 4) is 0 Å². The van der Waals surface area contributed by atoms with Gasteiger partial charge in [0.15, 0.2) is 0 Å². The predicted molar refractivity (Wildman–Crippen MR) is 73.0 cm³/mol. The van der Waals surface area contributed by atoms with E-state index in [1.165, 1.54) is 10.9 Å². The molecule has 0 atom stereocenters. The number of nitrogens with zero attached hydrogens (tertiary/aromatic N) is 1. The molecule has 0 aliphatic rings. The topological polar surface area (TPSA) is 4.93 Å². The summed E-state index contributed by atoms with van der Waals surface area (Å²) >= 11 is 5.24. The van der Waals surface area contributed by atoms with E-state index in [-0.39, 0.29) is 5.82 Å². The van der Waals surface area contributed by atoms with E-state index < -0.39 is 0 Å². The fourth-order valence-electron chi connectivity index (χ4n) is 1.90. The molecule has 1 aromatic carbocycles. The lowest BCUT2D eigenvalue weighted by atomic mass is 10.2. The van der Waals surface area contributed by atoms with Crippen molar-refractivity contribution < 1.29 is 4.39 Å². The van der Waals surface area contributed by atoms with Crippen molar-refractivity contribution in [2.75, 3.05) is 0 Å². The Morgan fingerprint density at radius 2 is 2.12 bits per heavy atom. The van der Waals surface area contributed by atoms with Crippen LogP contribution in [0.1, 0.15) is 4.88 Å². The molecule has 0 radical (unpaired) electrons. The lowest BCUT2D eigenvalue weighted by Gasteiger charge is -2.04. The fraction of sp³-hybridized carbons (Fsp3) is 0.0769. The molecule has 0 aliphatic heterocycles. The minimum absolute atomic E-state index is 0.187. The summed E-state index contributed by atoms with van der Waals surface area (Å²) in [6, 6.07) is 8.88. The van der Waals surface area contributed by atoms with Gasteiger partial charge in [0.2, 0.25) is 0 Å². The standard InChI is InChI=1S/C13H9BrFNS/c14-11-4-6-17-13(11)8-16-5-3-9-7-10(15)1-2-12(9)16/h1-7H,8H2. The summed E-state index contributed by atoms with van der Waals surface area (Å²) < 4.78 is 16.3. The molecular formula is C13H9BrFNS. The third kappa shape index (κ3) is 2.03. The van der Waals surface area contributed by atoms with Gasteiger partial charge >= 0.3 is 0 Å². The average molecular weight is 310 g/mol. The molecule has 0 unspecified atom stereocenters. The van der Waals surface area contributed by atoms with Gasteiger partial charge in [0, 0.05) is 26.4 Å². The first-order chi connectivity index (χ1) is 8.24. The first kappa shape index (κ1) is 11.0. The average Bonchev–Trinajstić information content (AvgIpc) is 2.87. The molecule has 0 N–H and O–H groups in total. The molecule has 2 heterocycles. The van der Waals surface area contributed by atoms with Crippen LogP contribution >= 0.6 is 27.3 Å². The summed E-state index contributed by atoms with van der Waals surface area (Å²) in [5.41, 5.74) is 1.06. The van der Waals surface area contributed by atoms with Gasteiger partial charge in [0.1, 0.15) is 5.82 Å². The van der Waals surface area contributed by atoms with Crippen LogP contribution in [0.5, 0.6) is 0 Å². The Bertz CT molecular complexity index is 671. The molecule has 86 valence electrons. The largest absolute Gasteiger partial charge is 0.342 e. The van der Waals surface area contributed by atoms with Gasteiger partial charge in [-0.05, 0) is 51.6 Å². The maximum Gasteiger partial charge on any atom is 0.123 e. The summed E-state index contributed by atoms with van der Waals surface area (Å²) in [5, 5.41) is 3.00. The van der Waals surface area contributed by atoms with Crippen molar-refractivity contribution in [2.45, 2.75) is 6.54 Å². The first-order valence-electron chi connectivity index (χ1n) is 5.20. The summed E-state index contributed by atoms with van der Waals surface area (Å²) in [5.74, 6) is -0.187. The Labute approximate surface area is 111 Å². The van der Waals surface area contributed by atoms with Gasteiger partial charge in [0.25, 0.3) is 0 Å². The predicted octanol–water partition coefficient (Wildman–Crippen LogP) is 4.65. The van der Waals surface area contributed by atoms with Crippen molar-refractivity contribution >= 4 is 38.2 Å².